The summed E-state index contributed by atoms with van der Waals surface area (Å²) in [5, 5.41) is 15.9. The van der Waals surface area contributed by atoms with Crippen molar-refractivity contribution in [3.05, 3.63) is 29.6 Å². The van der Waals surface area contributed by atoms with Gasteiger partial charge in [0.1, 0.15) is 0 Å². The maximum Gasteiger partial charge on any atom is 0.192 e. The summed E-state index contributed by atoms with van der Waals surface area (Å²) in [5.41, 5.74) is 8.06. The number of hydrogen-bond donors (Lipinski definition) is 4. The number of rotatable bonds is 5. The van der Waals surface area contributed by atoms with Crippen molar-refractivity contribution >= 4 is 34.5 Å². The van der Waals surface area contributed by atoms with Gasteiger partial charge in [0.2, 0.25) is 0 Å². The lowest BCUT2D eigenvalue weighted by atomic mass is 9.96. The molecule has 7 heteroatoms. The summed E-state index contributed by atoms with van der Waals surface area (Å²) in [5.74, 6) is -0.108. The third-order valence-electron chi connectivity index (χ3n) is 4.02. The van der Waals surface area contributed by atoms with E-state index in [2.05, 4.69) is 20.6 Å². The molecule has 1 saturated carbocycles. The van der Waals surface area contributed by atoms with Gasteiger partial charge in [-0.1, -0.05) is 31.4 Å². The lowest BCUT2D eigenvalue weighted by Gasteiger charge is -2.21. The van der Waals surface area contributed by atoms with E-state index in [9.17, 15) is 0 Å². The zero-order chi connectivity index (χ0) is 16.8. The maximum atomic E-state index is 7.25. The molecule has 0 bridgehead atoms. The van der Waals surface area contributed by atoms with E-state index in [0.29, 0.717) is 11.2 Å². The third kappa shape index (κ3) is 4.55. The van der Waals surface area contributed by atoms with Crippen molar-refractivity contribution in [2.75, 3.05) is 5.32 Å². The van der Waals surface area contributed by atoms with Crippen LogP contribution in [-0.2, 0) is 0 Å². The summed E-state index contributed by atoms with van der Waals surface area (Å²) in [6.07, 6.45) is 8.25. The fraction of sp³-hybridized carbons (Fsp3) is 0.353. The van der Waals surface area contributed by atoms with Gasteiger partial charge in [-0.15, -0.1) is 11.3 Å². The number of aromatic nitrogens is 1. The molecule has 1 aliphatic rings. The first-order chi connectivity index (χ1) is 11.7. The minimum Gasteiger partial charge on any atom is -0.373 e. The second-order valence-corrected chi connectivity index (χ2v) is 6.74. The molecule has 5 N–H and O–H groups in total. The van der Waals surface area contributed by atoms with E-state index in [1.165, 1.54) is 43.4 Å². The van der Waals surface area contributed by atoms with Crippen LogP contribution in [0.1, 0.15) is 32.1 Å². The highest BCUT2D eigenvalue weighted by atomic mass is 32.1. The number of nitrogens with one attached hydrogen (secondary N) is 3. The Morgan fingerprint density at radius 2 is 2.17 bits per heavy atom. The Bertz CT molecular complexity index is 717. The Labute approximate surface area is 145 Å². The Balaban J connectivity index is 1.65. The minimum atomic E-state index is -0.108. The molecule has 6 nitrogen and oxygen atoms in total. The van der Waals surface area contributed by atoms with Crippen molar-refractivity contribution in [3.8, 4) is 11.3 Å². The molecule has 3 rings (SSSR count). The number of guanidine groups is 1. The molecular formula is C17H22N6S. The van der Waals surface area contributed by atoms with E-state index < -0.39 is 0 Å². The maximum absolute atomic E-state index is 7.25. The van der Waals surface area contributed by atoms with Crippen LogP contribution in [-0.4, -0.2) is 23.3 Å². The second-order valence-electron chi connectivity index (χ2n) is 5.89. The number of aliphatic imine (C=N–C) groups is 1. The Morgan fingerprint density at radius 3 is 2.96 bits per heavy atom. The number of thiazole rings is 1. The van der Waals surface area contributed by atoms with E-state index >= 15 is 0 Å². The van der Waals surface area contributed by atoms with Crippen molar-refractivity contribution in [1.29, 1.82) is 5.41 Å². The van der Waals surface area contributed by atoms with Crippen LogP contribution in [0.2, 0.25) is 0 Å². The minimum absolute atomic E-state index is 0.108. The van der Waals surface area contributed by atoms with Gasteiger partial charge in [-0.3, -0.25) is 5.41 Å². The van der Waals surface area contributed by atoms with Crippen LogP contribution in [0, 0.1) is 5.41 Å². The zero-order valence-corrected chi connectivity index (χ0v) is 14.3. The van der Waals surface area contributed by atoms with Gasteiger partial charge in [-0.2, -0.15) is 0 Å². The van der Waals surface area contributed by atoms with Crippen LogP contribution in [0.25, 0.3) is 11.3 Å². The molecule has 0 amide bonds. The van der Waals surface area contributed by atoms with Crippen LogP contribution in [0.4, 0.5) is 10.8 Å². The van der Waals surface area contributed by atoms with Crippen molar-refractivity contribution in [1.82, 2.24) is 10.3 Å². The van der Waals surface area contributed by atoms with Crippen molar-refractivity contribution in [3.63, 3.8) is 0 Å². The van der Waals surface area contributed by atoms with Crippen LogP contribution < -0.4 is 16.4 Å². The van der Waals surface area contributed by atoms with Gasteiger partial charge in [0.15, 0.2) is 11.1 Å². The molecule has 1 aromatic carbocycles. The standard InChI is InChI=1S/C17H22N6S/c18-16(19)23-17-22-15(10-24-17)12-5-4-8-14(9-12)21-11-20-13-6-2-1-3-7-13/h4-5,8-11,13H,1-3,6-7H2,(H,20,21)(H4,18,19,22,23). The van der Waals surface area contributed by atoms with Gasteiger partial charge >= 0.3 is 0 Å². The molecule has 2 aromatic rings. The molecular weight excluding hydrogens is 320 g/mol. The van der Waals surface area contributed by atoms with Crippen molar-refractivity contribution in [2.24, 2.45) is 10.7 Å². The molecule has 1 fully saturated rings. The van der Waals surface area contributed by atoms with Crippen molar-refractivity contribution < 1.29 is 0 Å². The monoisotopic (exact) mass is 342 g/mol. The number of benzene rings is 1. The topological polar surface area (TPSA) is 99.2 Å². The first kappa shape index (κ1) is 16.4. The molecule has 0 radical (unpaired) electrons. The molecule has 1 aliphatic carbocycles. The summed E-state index contributed by atoms with van der Waals surface area (Å²) in [6.45, 7) is 0. The van der Waals surface area contributed by atoms with E-state index in [0.717, 1.165) is 16.9 Å². The van der Waals surface area contributed by atoms with E-state index in [1.54, 1.807) is 0 Å². The lowest BCUT2D eigenvalue weighted by molar-refractivity contribution is 0.416. The zero-order valence-electron chi connectivity index (χ0n) is 13.5. The summed E-state index contributed by atoms with van der Waals surface area (Å²) in [6, 6.07) is 8.51. The molecule has 0 atom stereocenters. The van der Waals surface area contributed by atoms with Gasteiger partial charge in [-0.05, 0) is 25.0 Å². The number of anilines is 1. The van der Waals surface area contributed by atoms with Gasteiger partial charge in [-0.25, -0.2) is 9.98 Å². The molecule has 126 valence electrons. The number of nitrogens with zero attached hydrogens (tertiary/aromatic N) is 2. The fourth-order valence-electron chi connectivity index (χ4n) is 2.81. The van der Waals surface area contributed by atoms with Gasteiger partial charge < -0.3 is 16.4 Å². The predicted molar refractivity (Wildman–Crippen MR) is 101 cm³/mol. The van der Waals surface area contributed by atoms with Crippen LogP contribution in [0.15, 0.2) is 34.6 Å². The SMILES string of the molecule is N=C(N)Nc1nc(-c2cccc(/N=C/NC3CCCCC3)c2)cs1. The van der Waals surface area contributed by atoms with Gasteiger partial charge in [0.05, 0.1) is 17.7 Å². The number of nitrogens with two attached hydrogens (primary N) is 1. The molecule has 1 aromatic heterocycles. The Kier molecular flexibility index (Phi) is 5.43. The highest BCUT2D eigenvalue weighted by Gasteiger charge is 2.11. The molecule has 1 heterocycles. The molecule has 0 aliphatic heterocycles. The largest absolute Gasteiger partial charge is 0.373 e. The molecule has 0 unspecified atom stereocenters. The van der Waals surface area contributed by atoms with Crippen LogP contribution in [0.3, 0.4) is 0 Å². The lowest BCUT2D eigenvalue weighted by Crippen LogP contribution is -2.29. The van der Waals surface area contributed by atoms with Gasteiger partial charge in [0.25, 0.3) is 0 Å². The molecule has 0 saturated heterocycles. The molecule has 24 heavy (non-hydrogen) atoms. The van der Waals surface area contributed by atoms with E-state index in [-0.39, 0.29) is 5.96 Å². The molecule has 0 spiro atoms. The van der Waals surface area contributed by atoms with Crippen LogP contribution >= 0.6 is 11.3 Å². The quantitative estimate of drug-likeness (QED) is 0.492. The summed E-state index contributed by atoms with van der Waals surface area (Å²) < 4.78 is 0. The third-order valence-corrected chi connectivity index (χ3v) is 4.77. The summed E-state index contributed by atoms with van der Waals surface area (Å²) >= 11 is 1.42. The Hall–Kier alpha value is -2.41. The summed E-state index contributed by atoms with van der Waals surface area (Å²) in [7, 11) is 0. The normalized spacial score (nSPS) is 15.5. The number of hydrogen-bond acceptors (Lipinski definition) is 4. The first-order valence-corrected chi connectivity index (χ1v) is 9.04. The highest BCUT2D eigenvalue weighted by molar-refractivity contribution is 7.14. The van der Waals surface area contributed by atoms with E-state index in [4.69, 9.17) is 11.1 Å². The average Bonchev–Trinajstić information content (AvgIpc) is 3.04. The highest BCUT2D eigenvalue weighted by Crippen LogP contribution is 2.27. The van der Waals surface area contributed by atoms with E-state index in [1.807, 2.05) is 36.0 Å². The predicted octanol–water partition coefficient (Wildman–Crippen LogP) is 3.70. The first-order valence-electron chi connectivity index (χ1n) is 8.16. The van der Waals surface area contributed by atoms with Crippen LogP contribution in [0.5, 0.6) is 0 Å². The Morgan fingerprint density at radius 1 is 1.33 bits per heavy atom. The summed E-state index contributed by atoms with van der Waals surface area (Å²) in [4.78, 5) is 8.95. The smallest absolute Gasteiger partial charge is 0.192 e. The second kappa shape index (κ2) is 7.92. The van der Waals surface area contributed by atoms with Crippen molar-refractivity contribution in [2.45, 2.75) is 38.1 Å². The van der Waals surface area contributed by atoms with Gasteiger partial charge in [0, 0.05) is 17.0 Å². The fourth-order valence-corrected chi connectivity index (χ4v) is 3.54. The average molecular weight is 342 g/mol.